The molecule has 1 aliphatic rings. The summed E-state index contributed by atoms with van der Waals surface area (Å²) in [6.45, 7) is 13.2. The number of rotatable bonds is 9. The number of aryl methyl sites for hydroxylation is 1. The second-order valence-corrected chi connectivity index (χ2v) is 8.08. The lowest BCUT2D eigenvalue weighted by Gasteiger charge is -2.21. The monoisotopic (exact) mass is 370 g/mol. The summed E-state index contributed by atoms with van der Waals surface area (Å²) in [5.74, 6) is 0. The Morgan fingerprint density at radius 2 is 1.68 bits per heavy atom. The highest BCUT2D eigenvalue weighted by Gasteiger charge is 2.17. The van der Waals surface area contributed by atoms with E-state index in [0.717, 1.165) is 31.3 Å². The van der Waals surface area contributed by atoms with Crippen LogP contribution in [-0.4, -0.2) is 0 Å². The van der Waals surface area contributed by atoms with Crippen molar-refractivity contribution in [2.24, 2.45) is 0 Å². The highest BCUT2D eigenvalue weighted by Crippen LogP contribution is 2.37. The average Bonchev–Trinajstić information content (AvgIpc) is 2.72. The van der Waals surface area contributed by atoms with E-state index in [1.165, 1.54) is 64.6 Å². The van der Waals surface area contributed by atoms with Gasteiger partial charge >= 0.3 is 0 Å². The van der Waals surface area contributed by atoms with E-state index in [1.54, 1.807) is 0 Å². The molecule has 0 heterocycles. The van der Waals surface area contributed by atoms with E-state index in [-0.39, 0.29) is 0 Å². The van der Waals surface area contributed by atoms with Crippen molar-refractivity contribution in [1.82, 2.24) is 0 Å². The number of allylic oxidation sites excluding steroid dienone is 4. The molecule has 0 unspecified atom stereocenters. The number of unbranched alkanes of at least 4 members (excludes halogenated alkanes) is 3. The lowest BCUT2D eigenvalue weighted by molar-refractivity contribution is 0.660. The minimum absolute atomic E-state index is 0.982. The van der Waals surface area contributed by atoms with Crippen LogP contribution in [-0.2, 0) is 19.3 Å². The lowest BCUT2D eigenvalue weighted by Crippen LogP contribution is -2.03. The van der Waals surface area contributed by atoms with E-state index in [1.807, 2.05) is 0 Å². The van der Waals surface area contributed by atoms with Crippen molar-refractivity contribution in [3.63, 3.8) is 0 Å². The Labute approximate surface area is 171 Å². The van der Waals surface area contributed by atoms with Gasteiger partial charge in [-0.3, -0.25) is 0 Å². The number of benzene rings is 2. The first-order valence-electron chi connectivity index (χ1n) is 10.9. The fourth-order valence-corrected chi connectivity index (χ4v) is 4.09. The van der Waals surface area contributed by atoms with Crippen molar-refractivity contribution in [2.75, 3.05) is 0 Å². The molecule has 0 nitrogen and oxygen atoms in total. The maximum atomic E-state index is 4.42. The molecule has 1 aliphatic carbocycles. The van der Waals surface area contributed by atoms with Crippen molar-refractivity contribution in [1.29, 1.82) is 0 Å². The SMILES string of the molecule is C=C(CCCCCC)Cc1ccc2c(c1)CC=C(c1ccc(CC)cc1)C2=C. The zero-order chi connectivity index (χ0) is 19.9. The first kappa shape index (κ1) is 20.4. The third kappa shape index (κ3) is 4.93. The molecule has 0 fully saturated rings. The summed E-state index contributed by atoms with van der Waals surface area (Å²) in [6, 6.07) is 15.8. The van der Waals surface area contributed by atoms with E-state index in [9.17, 15) is 0 Å². The van der Waals surface area contributed by atoms with Gasteiger partial charge in [0.1, 0.15) is 0 Å². The van der Waals surface area contributed by atoms with Crippen LogP contribution in [0.4, 0.5) is 0 Å². The zero-order valence-electron chi connectivity index (χ0n) is 17.7. The maximum absolute atomic E-state index is 4.42. The fraction of sp³-hybridized carbons (Fsp3) is 0.357. The molecule has 146 valence electrons. The van der Waals surface area contributed by atoms with Gasteiger partial charge in [-0.25, -0.2) is 0 Å². The van der Waals surface area contributed by atoms with Gasteiger partial charge in [-0.2, -0.15) is 0 Å². The van der Waals surface area contributed by atoms with Crippen LogP contribution in [0.25, 0.3) is 11.1 Å². The Balaban J connectivity index is 1.68. The molecule has 0 aromatic heterocycles. The normalized spacial score (nSPS) is 13.2. The standard InChI is InChI=1S/C28H34/c1-5-7-8-9-10-21(3)19-24-13-17-28-22(4)27(18-16-26(28)20-24)25-14-11-23(6-2)12-15-25/h11-15,17-18,20H,3-10,16,19H2,1-2H3. The summed E-state index contributed by atoms with van der Waals surface area (Å²) < 4.78 is 0. The van der Waals surface area contributed by atoms with E-state index in [2.05, 4.69) is 75.5 Å². The van der Waals surface area contributed by atoms with Crippen LogP contribution in [0.2, 0.25) is 0 Å². The van der Waals surface area contributed by atoms with Crippen LogP contribution >= 0.6 is 0 Å². The molecule has 0 aliphatic heterocycles. The maximum Gasteiger partial charge on any atom is -0.00697 e. The Bertz CT molecular complexity index is 861. The lowest BCUT2D eigenvalue weighted by atomic mass is 9.83. The Kier molecular flexibility index (Phi) is 7.09. The van der Waals surface area contributed by atoms with Crippen LogP contribution in [0, 0.1) is 0 Å². The Morgan fingerprint density at radius 3 is 2.39 bits per heavy atom. The molecule has 0 N–H and O–H groups in total. The topological polar surface area (TPSA) is 0 Å². The van der Waals surface area contributed by atoms with Crippen molar-refractivity contribution in [3.8, 4) is 0 Å². The fourth-order valence-electron chi connectivity index (χ4n) is 4.09. The predicted octanol–water partition coefficient (Wildman–Crippen LogP) is 7.97. The molecule has 0 atom stereocenters. The molecule has 2 aromatic carbocycles. The number of hydrogen-bond donors (Lipinski definition) is 0. The largest absolute Gasteiger partial charge is 0.0995 e. The molecule has 3 rings (SSSR count). The van der Waals surface area contributed by atoms with Gasteiger partial charge < -0.3 is 0 Å². The molecule has 0 bridgehead atoms. The molecule has 0 saturated heterocycles. The van der Waals surface area contributed by atoms with E-state index in [4.69, 9.17) is 0 Å². The molecule has 0 radical (unpaired) electrons. The second kappa shape index (κ2) is 9.73. The molecule has 0 spiro atoms. The van der Waals surface area contributed by atoms with Gasteiger partial charge in [0.25, 0.3) is 0 Å². The molecule has 2 aromatic rings. The molecule has 0 amide bonds. The summed E-state index contributed by atoms with van der Waals surface area (Å²) >= 11 is 0. The van der Waals surface area contributed by atoms with Gasteiger partial charge in [0.05, 0.1) is 0 Å². The van der Waals surface area contributed by atoms with Crippen molar-refractivity contribution in [2.45, 2.75) is 65.2 Å². The van der Waals surface area contributed by atoms with Crippen molar-refractivity contribution < 1.29 is 0 Å². The average molecular weight is 371 g/mol. The van der Waals surface area contributed by atoms with Gasteiger partial charge in [-0.15, -0.1) is 0 Å². The predicted molar refractivity (Wildman–Crippen MR) is 125 cm³/mol. The second-order valence-electron chi connectivity index (χ2n) is 8.08. The third-order valence-corrected chi connectivity index (χ3v) is 5.86. The van der Waals surface area contributed by atoms with Crippen LogP contribution in [0.1, 0.15) is 73.8 Å². The van der Waals surface area contributed by atoms with E-state index < -0.39 is 0 Å². The van der Waals surface area contributed by atoms with Crippen LogP contribution in [0.15, 0.2) is 67.3 Å². The molecular formula is C28H34. The molecule has 28 heavy (non-hydrogen) atoms. The van der Waals surface area contributed by atoms with Gasteiger partial charge in [0.15, 0.2) is 0 Å². The third-order valence-electron chi connectivity index (χ3n) is 5.86. The summed E-state index contributed by atoms with van der Waals surface area (Å²) in [4.78, 5) is 0. The smallest absolute Gasteiger partial charge is 0.00697 e. The van der Waals surface area contributed by atoms with Gasteiger partial charge in [-0.05, 0) is 71.1 Å². The van der Waals surface area contributed by atoms with E-state index in [0.29, 0.717) is 0 Å². The van der Waals surface area contributed by atoms with Crippen molar-refractivity contribution >= 4 is 11.1 Å². The molecular weight excluding hydrogens is 336 g/mol. The highest BCUT2D eigenvalue weighted by atomic mass is 14.2. The summed E-state index contributed by atoms with van der Waals surface area (Å²) in [5.41, 5.74) is 10.5. The number of fused-ring (bicyclic) bond motifs is 1. The van der Waals surface area contributed by atoms with E-state index >= 15 is 0 Å². The van der Waals surface area contributed by atoms with Gasteiger partial charge in [-0.1, -0.05) is 100 Å². The molecule has 0 heteroatoms. The summed E-state index contributed by atoms with van der Waals surface area (Å²) in [5, 5.41) is 0. The Morgan fingerprint density at radius 1 is 0.929 bits per heavy atom. The van der Waals surface area contributed by atoms with Gasteiger partial charge in [0.2, 0.25) is 0 Å². The van der Waals surface area contributed by atoms with Crippen LogP contribution in [0.5, 0.6) is 0 Å². The summed E-state index contributed by atoms with van der Waals surface area (Å²) in [6.07, 6.45) is 11.8. The van der Waals surface area contributed by atoms with Crippen LogP contribution < -0.4 is 0 Å². The van der Waals surface area contributed by atoms with Gasteiger partial charge in [0, 0.05) is 0 Å². The first-order valence-corrected chi connectivity index (χ1v) is 10.9. The quantitative estimate of drug-likeness (QED) is 0.310. The molecule has 0 saturated carbocycles. The summed E-state index contributed by atoms with van der Waals surface area (Å²) in [7, 11) is 0. The minimum atomic E-state index is 0.982. The minimum Gasteiger partial charge on any atom is -0.0995 e. The van der Waals surface area contributed by atoms with Crippen molar-refractivity contribution in [3.05, 3.63) is 95.1 Å². The van der Waals surface area contributed by atoms with Crippen LogP contribution in [0.3, 0.4) is 0 Å². The Hall–Kier alpha value is -2.34. The number of hydrogen-bond acceptors (Lipinski definition) is 0. The zero-order valence-corrected chi connectivity index (χ0v) is 17.7. The first-order chi connectivity index (χ1) is 13.6. The highest BCUT2D eigenvalue weighted by molar-refractivity contribution is 6.06.